The molecule has 3 aromatic rings. The van der Waals surface area contributed by atoms with Gasteiger partial charge in [-0.25, -0.2) is 0 Å². The molecule has 0 bridgehead atoms. The van der Waals surface area contributed by atoms with E-state index in [1.165, 1.54) is 18.5 Å². The number of hydrogen-bond acceptors (Lipinski definition) is 4. The van der Waals surface area contributed by atoms with Crippen LogP contribution in [-0.4, -0.2) is 25.9 Å². The monoisotopic (exact) mass is 276 g/mol. The normalized spacial score (nSPS) is 11.8. The molecule has 0 amide bonds. The Hall–Kier alpha value is -2.57. The van der Waals surface area contributed by atoms with E-state index < -0.39 is 6.11 Å². The van der Waals surface area contributed by atoms with Crippen LogP contribution in [0.3, 0.4) is 0 Å². The molecular weight excluding hydrogens is 266 g/mol. The van der Waals surface area contributed by atoms with Crippen LogP contribution in [-0.2, 0) is 0 Å². The van der Waals surface area contributed by atoms with E-state index >= 15 is 0 Å². The first-order chi connectivity index (χ1) is 9.51. The fourth-order valence-corrected chi connectivity index (χ4v) is 1.78. The fourth-order valence-electron chi connectivity index (χ4n) is 1.78. The van der Waals surface area contributed by atoms with Gasteiger partial charge in [-0.15, -0.1) is 10.2 Å². The number of benzene rings is 1. The van der Waals surface area contributed by atoms with Crippen LogP contribution in [0.15, 0.2) is 42.7 Å². The smallest absolute Gasteiger partial charge is 0.394 e. The van der Waals surface area contributed by atoms with Gasteiger partial charge in [-0.3, -0.25) is 0 Å². The molecule has 0 atom stereocenters. The Bertz CT molecular complexity index is 734. The van der Waals surface area contributed by atoms with Gasteiger partial charge in [0.2, 0.25) is 0 Å². The number of alkyl halides is 2. The highest BCUT2D eigenvalue weighted by Crippen LogP contribution is 2.24. The predicted molar refractivity (Wildman–Crippen MR) is 67.5 cm³/mol. The first kappa shape index (κ1) is 12.5. The van der Waals surface area contributed by atoms with Crippen LogP contribution in [0.5, 0.6) is 5.75 Å². The minimum Gasteiger partial charge on any atom is -0.433 e. The van der Waals surface area contributed by atoms with Crippen molar-refractivity contribution in [2.24, 2.45) is 0 Å². The maximum Gasteiger partial charge on any atom is 0.394 e. The second kappa shape index (κ2) is 4.52. The van der Waals surface area contributed by atoms with Crippen LogP contribution >= 0.6 is 0 Å². The maximum absolute atomic E-state index is 12.7. The Labute approximate surface area is 112 Å². The third-order valence-electron chi connectivity index (χ3n) is 2.61. The topological polar surface area (TPSA) is 52.3 Å². The fraction of sp³-hybridized carbons (Fsp3) is 0.154. The molecule has 0 aliphatic heterocycles. The van der Waals surface area contributed by atoms with Crippen molar-refractivity contribution in [1.82, 2.24) is 19.8 Å². The number of hydrogen-bond donors (Lipinski definition) is 0. The zero-order valence-corrected chi connectivity index (χ0v) is 10.5. The molecule has 0 radical (unpaired) electrons. The Kier molecular flexibility index (Phi) is 2.81. The van der Waals surface area contributed by atoms with Crippen molar-refractivity contribution in [3.05, 3.63) is 42.7 Å². The molecule has 3 rings (SSSR count). The molecule has 0 unspecified atom stereocenters. The second-order valence-corrected chi connectivity index (χ2v) is 4.29. The van der Waals surface area contributed by atoms with E-state index in [0.29, 0.717) is 18.3 Å². The van der Waals surface area contributed by atoms with Gasteiger partial charge in [0.25, 0.3) is 0 Å². The van der Waals surface area contributed by atoms with Crippen LogP contribution in [0.4, 0.5) is 8.78 Å². The van der Waals surface area contributed by atoms with Crippen molar-refractivity contribution in [3.8, 4) is 17.0 Å². The van der Waals surface area contributed by atoms with Gasteiger partial charge in [-0.2, -0.15) is 18.4 Å². The average molecular weight is 276 g/mol. The Balaban J connectivity index is 1.90. The van der Waals surface area contributed by atoms with Gasteiger partial charge in [-0.1, -0.05) is 0 Å². The standard InChI is InChI=1S/C13H10F2N4O/c1-13(14,15)20-10-4-2-9(3-5-10)11-6-7-12-17-16-8-19(12)18-11/h2-8H,1H3. The van der Waals surface area contributed by atoms with Crippen LogP contribution in [0.2, 0.25) is 0 Å². The third-order valence-corrected chi connectivity index (χ3v) is 2.61. The second-order valence-electron chi connectivity index (χ2n) is 4.29. The number of rotatable bonds is 3. The number of nitrogens with zero attached hydrogens (tertiary/aromatic N) is 4. The first-order valence-electron chi connectivity index (χ1n) is 5.86. The van der Waals surface area contributed by atoms with E-state index in [-0.39, 0.29) is 5.75 Å². The molecule has 2 aromatic heterocycles. The molecule has 5 nitrogen and oxygen atoms in total. The van der Waals surface area contributed by atoms with Crippen molar-refractivity contribution in [1.29, 1.82) is 0 Å². The highest BCUT2D eigenvalue weighted by atomic mass is 19.3. The van der Waals surface area contributed by atoms with Crippen LogP contribution < -0.4 is 4.74 Å². The van der Waals surface area contributed by atoms with Gasteiger partial charge in [0.05, 0.1) is 5.69 Å². The first-order valence-corrected chi connectivity index (χ1v) is 5.86. The van der Waals surface area contributed by atoms with E-state index in [4.69, 9.17) is 0 Å². The van der Waals surface area contributed by atoms with Crippen molar-refractivity contribution in [3.63, 3.8) is 0 Å². The molecule has 0 fully saturated rings. The molecule has 0 saturated carbocycles. The summed E-state index contributed by atoms with van der Waals surface area (Å²) in [6, 6.07) is 9.85. The number of ether oxygens (including phenoxy) is 1. The van der Waals surface area contributed by atoms with Crippen molar-refractivity contribution < 1.29 is 13.5 Å². The maximum atomic E-state index is 12.7. The van der Waals surface area contributed by atoms with Gasteiger partial charge in [0.1, 0.15) is 12.1 Å². The summed E-state index contributed by atoms with van der Waals surface area (Å²) in [5.74, 6) is 0.103. The van der Waals surface area contributed by atoms with Gasteiger partial charge < -0.3 is 4.74 Å². The molecule has 20 heavy (non-hydrogen) atoms. The van der Waals surface area contributed by atoms with E-state index in [1.807, 2.05) is 0 Å². The lowest BCUT2D eigenvalue weighted by atomic mass is 10.1. The lowest BCUT2D eigenvalue weighted by molar-refractivity contribution is -0.158. The summed E-state index contributed by atoms with van der Waals surface area (Å²) in [7, 11) is 0. The molecule has 0 aliphatic carbocycles. The van der Waals surface area contributed by atoms with Crippen molar-refractivity contribution in [2.45, 2.75) is 13.0 Å². The summed E-state index contributed by atoms with van der Waals surface area (Å²) in [5, 5.41) is 11.9. The third kappa shape index (κ3) is 2.56. The minimum absolute atomic E-state index is 0.103. The van der Waals surface area contributed by atoms with Crippen LogP contribution in [0.1, 0.15) is 6.92 Å². The largest absolute Gasteiger partial charge is 0.433 e. The van der Waals surface area contributed by atoms with E-state index in [1.54, 1.807) is 28.8 Å². The highest BCUT2D eigenvalue weighted by Gasteiger charge is 2.22. The minimum atomic E-state index is -3.19. The van der Waals surface area contributed by atoms with E-state index in [2.05, 4.69) is 20.0 Å². The summed E-state index contributed by atoms with van der Waals surface area (Å²) in [4.78, 5) is 0. The number of aromatic nitrogens is 4. The van der Waals surface area contributed by atoms with E-state index in [9.17, 15) is 8.78 Å². The summed E-state index contributed by atoms with van der Waals surface area (Å²) in [5.41, 5.74) is 2.11. The molecule has 102 valence electrons. The van der Waals surface area contributed by atoms with Crippen LogP contribution in [0.25, 0.3) is 16.9 Å². The summed E-state index contributed by atoms with van der Waals surface area (Å²) >= 11 is 0. The Morgan fingerprint density at radius 3 is 2.55 bits per heavy atom. The molecule has 0 spiro atoms. The SMILES string of the molecule is CC(F)(F)Oc1ccc(-c2ccc3nncn3n2)cc1. The number of halogens is 2. The molecule has 7 heteroatoms. The lowest BCUT2D eigenvalue weighted by Crippen LogP contribution is -2.18. The highest BCUT2D eigenvalue weighted by molar-refractivity contribution is 5.60. The molecular formula is C13H10F2N4O. The predicted octanol–water partition coefficient (Wildman–Crippen LogP) is 2.78. The summed E-state index contributed by atoms with van der Waals surface area (Å²) in [6.45, 7) is 0.697. The van der Waals surface area contributed by atoms with E-state index in [0.717, 1.165) is 5.56 Å². The van der Waals surface area contributed by atoms with Gasteiger partial charge in [0, 0.05) is 12.5 Å². The van der Waals surface area contributed by atoms with Crippen LogP contribution in [0, 0.1) is 0 Å². The molecule has 0 saturated heterocycles. The van der Waals surface area contributed by atoms with Crippen molar-refractivity contribution >= 4 is 5.65 Å². The Morgan fingerprint density at radius 2 is 1.85 bits per heavy atom. The molecule has 0 aliphatic rings. The zero-order chi connectivity index (χ0) is 14.2. The quantitative estimate of drug-likeness (QED) is 0.738. The molecule has 1 aromatic carbocycles. The van der Waals surface area contributed by atoms with Gasteiger partial charge in [-0.05, 0) is 36.4 Å². The van der Waals surface area contributed by atoms with Gasteiger partial charge in [0.15, 0.2) is 5.65 Å². The summed E-state index contributed by atoms with van der Waals surface area (Å²) in [6.07, 6.45) is -1.70. The van der Waals surface area contributed by atoms with Gasteiger partial charge >= 0.3 is 6.11 Å². The average Bonchev–Trinajstić information content (AvgIpc) is 2.85. The van der Waals surface area contributed by atoms with Crippen molar-refractivity contribution in [2.75, 3.05) is 0 Å². The zero-order valence-electron chi connectivity index (χ0n) is 10.5. The lowest BCUT2D eigenvalue weighted by Gasteiger charge is -2.13. The molecule has 0 N–H and O–H groups in total. The Morgan fingerprint density at radius 1 is 1.10 bits per heavy atom. The molecule has 2 heterocycles. The number of fused-ring (bicyclic) bond motifs is 1. The summed E-state index contributed by atoms with van der Waals surface area (Å²) < 4.78 is 31.5.